The fourth-order valence-electron chi connectivity index (χ4n) is 1.92. The maximum absolute atomic E-state index is 11.4. The monoisotopic (exact) mass is 200 g/mol. The lowest BCUT2D eigenvalue weighted by Gasteiger charge is -2.14. The van der Waals surface area contributed by atoms with E-state index in [-0.39, 0.29) is 17.8 Å². The van der Waals surface area contributed by atoms with Crippen molar-refractivity contribution in [3.8, 4) is 12.3 Å². The van der Waals surface area contributed by atoms with Gasteiger partial charge in [-0.3, -0.25) is 4.79 Å². The van der Waals surface area contributed by atoms with Gasteiger partial charge < -0.3 is 4.74 Å². The molecule has 0 saturated carbocycles. The maximum Gasteiger partial charge on any atom is 0.310 e. The van der Waals surface area contributed by atoms with Crippen LogP contribution in [0.4, 0.5) is 0 Å². The quantitative estimate of drug-likeness (QED) is 0.539. The van der Waals surface area contributed by atoms with E-state index in [9.17, 15) is 4.79 Å². The third-order valence-corrected chi connectivity index (χ3v) is 2.72. The van der Waals surface area contributed by atoms with Crippen molar-refractivity contribution in [1.29, 1.82) is 0 Å². The average Bonchev–Trinajstić information content (AvgIpc) is 2.68. The Morgan fingerprint density at radius 1 is 1.40 bits per heavy atom. The summed E-state index contributed by atoms with van der Waals surface area (Å²) in [5, 5.41) is 0. The molecule has 0 N–H and O–H groups in total. The number of terminal acetylenes is 1. The van der Waals surface area contributed by atoms with Crippen LogP contribution in [0.25, 0.3) is 0 Å². The van der Waals surface area contributed by atoms with Crippen LogP contribution in [0.15, 0.2) is 30.3 Å². The van der Waals surface area contributed by atoms with Gasteiger partial charge in [-0.1, -0.05) is 36.3 Å². The van der Waals surface area contributed by atoms with Crippen LogP contribution in [0.1, 0.15) is 17.9 Å². The Bertz CT molecular complexity index is 389. The molecule has 1 aliphatic heterocycles. The van der Waals surface area contributed by atoms with Crippen molar-refractivity contribution in [1.82, 2.24) is 0 Å². The Labute approximate surface area is 89.3 Å². The minimum absolute atomic E-state index is 0.152. The SMILES string of the molecule is C#CC(c1ccccc1)C1CCOC1=O. The van der Waals surface area contributed by atoms with Gasteiger partial charge in [0.1, 0.15) is 0 Å². The Morgan fingerprint density at radius 2 is 2.13 bits per heavy atom. The summed E-state index contributed by atoms with van der Waals surface area (Å²) in [5.74, 6) is 2.20. The zero-order valence-corrected chi connectivity index (χ0v) is 8.35. The topological polar surface area (TPSA) is 26.3 Å². The highest BCUT2D eigenvalue weighted by Crippen LogP contribution is 2.30. The van der Waals surface area contributed by atoms with Gasteiger partial charge in [0.15, 0.2) is 0 Å². The molecule has 0 aliphatic carbocycles. The van der Waals surface area contributed by atoms with E-state index >= 15 is 0 Å². The minimum atomic E-state index is -0.169. The van der Waals surface area contributed by atoms with Crippen LogP contribution in [0.3, 0.4) is 0 Å². The van der Waals surface area contributed by atoms with Crippen molar-refractivity contribution in [3.63, 3.8) is 0 Å². The molecule has 1 fully saturated rings. The first kappa shape index (κ1) is 9.79. The molecule has 2 rings (SSSR count). The summed E-state index contributed by atoms with van der Waals surface area (Å²) in [4.78, 5) is 11.4. The number of cyclic esters (lactones) is 1. The fourth-order valence-corrected chi connectivity index (χ4v) is 1.92. The number of hydrogen-bond donors (Lipinski definition) is 0. The second kappa shape index (κ2) is 4.18. The third-order valence-electron chi connectivity index (χ3n) is 2.72. The van der Waals surface area contributed by atoms with Crippen molar-refractivity contribution in [2.24, 2.45) is 5.92 Å². The summed E-state index contributed by atoms with van der Waals surface area (Å²) in [5.41, 5.74) is 1.02. The molecule has 0 spiro atoms. The summed E-state index contributed by atoms with van der Waals surface area (Å²) < 4.78 is 4.94. The van der Waals surface area contributed by atoms with E-state index in [0.717, 1.165) is 12.0 Å². The zero-order chi connectivity index (χ0) is 10.7. The number of ether oxygens (including phenoxy) is 1. The number of carbonyl (C=O) groups is 1. The Morgan fingerprint density at radius 3 is 2.67 bits per heavy atom. The minimum Gasteiger partial charge on any atom is -0.465 e. The average molecular weight is 200 g/mol. The normalized spacial score (nSPS) is 21.8. The van der Waals surface area contributed by atoms with Crippen LogP contribution in [0.2, 0.25) is 0 Å². The molecular weight excluding hydrogens is 188 g/mol. The van der Waals surface area contributed by atoms with Gasteiger partial charge in [-0.25, -0.2) is 0 Å². The first-order valence-electron chi connectivity index (χ1n) is 5.00. The van der Waals surface area contributed by atoms with Gasteiger partial charge in [-0.05, 0) is 12.0 Å². The van der Waals surface area contributed by atoms with E-state index in [0.29, 0.717) is 6.61 Å². The van der Waals surface area contributed by atoms with Crippen LogP contribution in [-0.2, 0) is 9.53 Å². The van der Waals surface area contributed by atoms with Crippen molar-refractivity contribution in [2.45, 2.75) is 12.3 Å². The number of carbonyl (C=O) groups excluding carboxylic acids is 1. The number of hydrogen-bond acceptors (Lipinski definition) is 2. The summed E-state index contributed by atoms with van der Waals surface area (Å²) in [6, 6.07) is 9.70. The van der Waals surface area contributed by atoms with E-state index in [1.165, 1.54) is 0 Å². The van der Waals surface area contributed by atoms with Gasteiger partial charge in [-0.15, -0.1) is 6.42 Å². The Balaban J connectivity index is 2.26. The van der Waals surface area contributed by atoms with Gasteiger partial charge >= 0.3 is 5.97 Å². The zero-order valence-electron chi connectivity index (χ0n) is 8.35. The lowest BCUT2D eigenvalue weighted by molar-refractivity contribution is -0.141. The van der Waals surface area contributed by atoms with E-state index < -0.39 is 0 Å². The molecule has 0 radical (unpaired) electrons. The number of benzene rings is 1. The van der Waals surface area contributed by atoms with Gasteiger partial charge in [0.2, 0.25) is 0 Å². The summed E-state index contributed by atoms with van der Waals surface area (Å²) in [6.45, 7) is 0.495. The molecule has 2 unspecified atom stereocenters. The molecule has 2 atom stereocenters. The molecule has 0 amide bonds. The molecule has 0 aromatic heterocycles. The smallest absolute Gasteiger partial charge is 0.310 e. The highest BCUT2D eigenvalue weighted by Gasteiger charge is 2.33. The van der Waals surface area contributed by atoms with Crippen LogP contribution < -0.4 is 0 Å². The summed E-state index contributed by atoms with van der Waals surface area (Å²) in [7, 11) is 0. The molecule has 2 nitrogen and oxygen atoms in total. The second-order valence-corrected chi connectivity index (χ2v) is 3.62. The standard InChI is InChI=1S/C13H12O2/c1-2-11(10-6-4-3-5-7-10)12-8-9-15-13(12)14/h1,3-7,11-12H,8-9H2. The van der Waals surface area contributed by atoms with Gasteiger partial charge in [0, 0.05) is 0 Å². The van der Waals surface area contributed by atoms with Crippen LogP contribution in [0, 0.1) is 18.3 Å². The molecule has 1 aliphatic rings. The van der Waals surface area contributed by atoms with Crippen LogP contribution in [-0.4, -0.2) is 12.6 Å². The lowest BCUT2D eigenvalue weighted by Crippen LogP contribution is -2.16. The number of rotatable bonds is 2. The lowest BCUT2D eigenvalue weighted by atomic mass is 9.86. The molecular formula is C13H12O2. The largest absolute Gasteiger partial charge is 0.465 e. The molecule has 76 valence electrons. The maximum atomic E-state index is 11.4. The molecule has 1 aromatic rings. The van der Waals surface area contributed by atoms with Crippen LogP contribution in [0.5, 0.6) is 0 Å². The highest BCUT2D eigenvalue weighted by molar-refractivity contribution is 5.76. The molecule has 1 aromatic carbocycles. The van der Waals surface area contributed by atoms with Crippen molar-refractivity contribution < 1.29 is 9.53 Å². The van der Waals surface area contributed by atoms with E-state index in [2.05, 4.69) is 5.92 Å². The van der Waals surface area contributed by atoms with E-state index in [1.54, 1.807) is 0 Å². The summed E-state index contributed by atoms with van der Waals surface area (Å²) in [6.07, 6.45) is 6.21. The molecule has 0 bridgehead atoms. The van der Waals surface area contributed by atoms with Crippen LogP contribution >= 0.6 is 0 Å². The van der Waals surface area contributed by atoms with Gasteiger partial charge in [0.05, 0.1) is 18.4 Å². The predicted octanol–water partition coefficient (Wildman–Crippen LogP) is 1.97. The molecule has 1 saturated heterocycles. The Hall–Kier alpha value is -1.75. The Kier molecular flexibility index (Phi) is 2.73. The molecule has 1 heterocycles. The summed E-state index contributed by atoms with van der Waals surface area (Å²) >= 11 is 0. The first-order valence-corrected chi connectivity index (χ1v) is 5.00. The highest BCUT2D eigenvalue weighted by atomic mass is 16.5. The third kappa shape index (κ3) is 1.87. The van der Waals surface area contributed by atoms with E-state index in [1.807, 2.05) is 30.3 Å². The van der Waals surface area contributed by atoms with E-state index in [4.69, 9.17) is 11.2 Å². The van der Waals surface area contributed by atoms with Gasteiger partial charge in [-0.2, -0.15) is 0 Å². The number of esters is 1. The van der Waals surface area contributed by atoms with Crippen molar-refractivity contribution >= 4 is 5.97 Å². The predicted molar refractivity (Wildman–Crippen MR) is 57.1 cm³/mol. The second-order valence-electron chi connectivity index (χ2n) is 3.62. The fraction of sp³-hybridized carbons (Fsp3) is 0.308. The van der Waals surface area contributed by atoms with Crippen molar-refractivity contribution in [3.05, 3.63) is 35.9 Å². The molecule has 2 heteroatoms. The van der Waals surface area contributed by atoms with Crippen molar-refractivity contribution in [2.75, 3.05) is 6.61 Å². The first-order chi connectivity index (χ1) is 7.33. The molecule has 15 heavy (non-hydrogen) atoms. The van der Waals surface area contributed by atoms with Gasteiger partial charge in [0.25, 0.3) is 0 Å².